The zero-order valence-electron chi connectivity index (χ0n) is 6.12. The highest BCUT2D eigenvalue weighted by atomic mass is 16.5. The molecule has 0 aromatic heterocycles. The molecule has 0 aromatic carbocycles. The molecule has 10 heavy (non-hydrogen) atoms. The topological polar surface area (TPSA) is 26.3 Å². The van der Waals surface area contributed by atoms with Gasteiger partial charge in [0.05, 0.1) is 0 Å². The van der Waals surface area contributed by atoms with Gasteiger partial charge in [-0.25, -0.2) is 0 Å². The first-order chi connectivity index (χ1) is 4.83. The van der Waals surface area contributed by atoms with Crippen LogP contribution >= 0.6 is 0 Å². The van der Waals surface area contributed by atoms with Crippen LogP contribution in [0.4, 0.5) is 0 Å². The highest BCUT2D eigenvalue weighted by molar-refractivity contribution is 5.37. The summed E-state index contributed by atoms with van der Waals surface area (Å²) in [4.78, 5) is 9.94. The highest BCUT2D eigenvalue weighted by Crippen LogP contribution is 2.57. The van der Waals surface area contributed by atoms with Gasteiger partial charge in [0, 0.05) is 0 Å². The van der Waals surface area contributed by atoms with Crippen molar-refractivity contribution in [3.63, 3.8) is 0 Å². The summed E-state index contributed by atoms with van der Waals surface area (Å²) in [5, 5.41) is 0. The predicted molar refractivity (Wildman–Crippen MR) is 36.3 cm³/mol. The van der Waals surface area contributed by atoms with Crippen molar-refractivity contribution < 1.29 is 9.53 Å². The molecule has 2 aliphatic carbocycles. The Kier molecular flexibility index (Phi) is 1.22. The lowest BCUT2D eigenvalue weighted by Crippen LogP contribution is -2.10. The number of hydrogen-bond acceptors (Lipinski definition) is 2. The molecule has 2 nitrogen and oxygen atoms in total. The van der Waals surface area contributed by atoms with E-state index in [0.717, 1.165) is 30.6 Å². The van der Waals surface area contributed by atoms with Crippen LogP contribution in [-0.2, 0) is 9.53 Å². The predicted octanol–water partition coefficient (Wildman–Crippen LogP) is 1.20. The largest absolute Gasteiger partial charge is 0.465 e. The minimum Gasteiger partial charge on any atom is -0.465 e. The zero-order chi connectivity index (χ0) is 7.14. The molecule has 2 unspecified atom stereocenters. The van der Waals surface area contributed by atoms with Crippen molar-refractivity contribution in [2.24, 2.45) is 17.8 Å². The number of carbonyl (C=O) groups excluding carboxylic acids is 1. The summed E-state index contributed by atoms with van der Waals surface area (Å²) < 4.78 is 4.87. The Bertz CT molecular complexity index is 143. The summed E-state index contributed by atoms with van der Waals surface area (Å²) in [6, 6.07) is 0. The first-order valence-electron chi connectivity index (χ1n) is 3.92. The summed E-state index contributed by atoms with van der Waals surface area (Å²) in [6.45, 7) is 2.87. The average molecular weight is 140 g/mol. The monoisotopic (exact) mass is 140 g/mol. The maximum Gasteiger partial charge on any atom is 0.293 e. The third-order valence-electron chi connectivity index (χ3n) is 3.08. The van der Waals surface area contributed by atoms with Crippen LogP contribution < -0.4 is 0 Å². The molecule has 2 rings (SSSR count). The fourth-order valence-corrected chi connectivity index (χ4v) is 2.31. The smallest absolute Gasteiger partial charge is 0.293 e. The molecule has 0 bridgehead atoms. The summed E-state index contributed by atoms with van der Waals surface area (Å²) in [6.07, 6.45) is 2.48. The Morgan fingerprint density at radius 1 is 1.40 bits per heavy atom. The third-order valence-corrected chi connectivity index (χ3v) is 3.08. The Balaban J connectivity index is 1.83. The van der Waals surface area contributed by atoms with Crippen molar-refractivity contribution in [3.05, 3.63) is 0 Å². The summed E-state index contributed by atoms with van der Waals surface area (Å²) >= 11 is 0. The molecule has 0 amide bonds. The Morgan fingerprint density at radius 2 is 2.00 bits per heavy atom. The molecule has 2 saturated carbocycles. The molecule has 2 aliphatic rings. The van der Waals surface area contributed by atoms with E-state index in [0.29, 0.717) is 6.47 Å². The molecule has 2 heteroatoms. The van der Waals surface area contributed by atoms with Crippen LogP contribution in [0.25, 0.3) is 0 Å². The van der Waals surface area contributed by atoms with Crippen molar-refractivity contribution in [1.82, 2.24) is 0 Å². The fourth-order valence-electron chi connectivity index (χ4n) is 2.31. The van der Waals surface area contributed by atoms with Crippen molar-refractivity contribution in [3.8, 4) is 0 Å². The van der Waals surface area contributed by atoms with Gasteiger partial charge in [0.1, 0.15) is 6.10 Å². The van der Waals surface area contributed by atoms with Gasteiger partial charge < -0.3 is 4.74 Å². The summed E-state index contributed by atoms with van der Waals surface area (Å²) in [5.41, 5.74) is 0. The lowest BCUT2D eigenvalue weighted by Gasteiger charge is -2.09. The van der Waals surface area contributed by atoms with Crippen molar-refractivity contribution in [1.29, 1.82) is 0 Å². The van der Waals surface area contributed by atoms with Gasteiger partial charge in [-0.15, -0.1) is 0 Å². The number of fused-ring (bicyclic) bond motifs is 1. The van der Waals surface area contributed by atoms with Gasteiger partial charge in [0.2, 0.25) is 0 Å². The molecule has 0 heterocycles. The van der Waals surface area contributed by atoms with Crippen LogP contribution in [0.1, 0.15) is 19.8 Å². The van der Waals surface area contributed by atoms with E-state index in [1.807, 2.05) is 0 Å². The molecule has 56 valence electrons. The van der Waals surface area contributed by atoms with Crippen LogP contribution in [0.3, 0.4) is 0 Å². The van der Waals surface area contributed by atoms with Gasteiger partial charge >= 0.3 is 0 Å². The van der Waals surface area contributed by atoms with Gasteiger partial charge in [0.25, 0.3) is 6.47 Å². The van der Waals surface area contributed by atoms with Gasteiger partial charge in [0.15, 0.2) is 0 Å². The Labute approximate surface area is 60.6 Å². The first-order valence-corrected chi connectivity index (χ1v) is 3.92. The molecule has 0 spiro atoms. The Hall–Kier alpha value is -0.530. The van der Waals surface area contributed by atoms with E-state index in [-0.39, 0.29) is 6.10 Å². The summed E-state index contributed by atoms with van der Waals surface area (Å²) in [7, 11) is 0. The standard InChI is InChI=1S/C8H12O2/c1-5-7-2-6(10-4-9)3-8(5)7/h4-8H,2-3H2,1H3. The second-order valence-corrected chi connectivity index (χ2v) is 3.51. The van der Waals surface area contributed by atoms with Crippen LogP contribution in [0.15, 0.2) is 0 Å². The summed E-state index contributed by atoms with van der Waals surface area (Å²) in [5.74, 6) is 2.67. The van der Waals surface area contributed by atoms with Gasteiger partial charge in [-0.1, -0.05) is 6.92 Å². The van der Waals surface area contributed by atoms with Crippen molar-refractivity contribution in [2.75, 3.05) is 0 Å². The SMILES string of the molecule is CC1C2CC(OC=O)CC12. The lowest BCUT2D eigenvalue weighted by molar-refractivity contribution is -0.133. The Morgan fingerprint density at radius 3 is 2.50 bits per heavy atom. The van der Waals surface area contributed by atoms with Gasteiger partial charge in [-0.05, 0) is 30.6 Å². The van der Waals surface area contributed by atoms with Crippen LogP contribution in [-0.4, -0.2) is 12.6 Å². The molecule has 0 aromatic rings. The van der Waals surface area contributed by atoms with Crippen molar-refractivity contribution >= 4 is 6.47 Å². The quantitative estimate of drug-likeness (QED) is 0.539. The maximum absolute atomic E-state index is 9.94. The van der Waals surface area contributed by atoms with E-state index >= 15 is 0 Å². The van der Waals surface area contributed by atoms with Gasteiger partial charge in [-0.3, -0.25) is 4.79 Å². The van der Waals surface area contributed by atoms with Crippen LogP contribution in [0.2, 0.25) is 0 Å². The van der Waals surface area contributed by atoms with E-state index in [4.69, 9.17) is 4.74 Å². The average Bonchev–Trinajstić information content (AvgIpc) is 2.44. The third kappa shape index (κ3) is 0.746. The fraction of sp³-hybridized carbons (Fsp3) is 0.875. The molecule has 0 aliphatic heterocycles. The molecule has 0 N–H and O–H groups in total. The highest BCUT2D eigenvalue weighted by Gasteiger charge is 2.53. The zero-order valence-corrected chi connectivity index (χ0v) is 6.12. The number of hydrogen-bond donors (Lipinski definition) is 0. The normalized spacial score (nSPS) is 50.1. The van der Waals surface area contributed by atoms with Crippen molar-refractivity contribution in [2.45, 2.75) is 25.9 Å². The second-order valence-electron chi connectivity index (χ2n) is 3.51. The van der Waals surface area contributed by atoms with Gasteiger partial charge in [-0.2, -0.15) is 0 Å². The van der Waals surface area contributed by atoms with Crippen LogP contribution in [0, 0.1) is 17.8 Å². The molecule has 2 atom stereocenters. The number of ether oxygens (including phenoxy) is 1. The number of rotatable bonds is 2. The van der Waals surface area contributed by atoms with E-state index in [9.17, 15) is 4.79 Å². The molecule has 2 fully saturated rings. The van der Waals surface area contributed by atoms with Crippen LogP contribution in [0.5, 0.6) is 0 Å². The first kappa shape index (κ1) is 6.20. The molecule has 0 radical (unpaired) electrons. The molecular weight excluding hydrogens is 128 g/mol. The lowest BCUT2D eigenvalue weighted by atomic mass is 10.1. The second kappa shape index (κ2) is 1.97. The molecule has 0 saturated heterocycles. The van der Waals surface area contributed by atoms with E-state index < -0.39 is 0 Å². The van der Waals surface area contributed by atoms with E-state index in [2.05, 4.69) is 6.92 Å². The number of carbonyl (C=O) groups is 1. The van der Waals surface area contributed by atoms with E-state index in [1.54, 1.807) is 0 Å². The van der Waals surface area contributed by atoms with E-state index in [1.165, 1.54) is 0 Å². The minimum absolute atomic E-state index is 0.253. The minimum atomic E-state index is 0.253. The molecular formula is C8H12O2. The maximum atomic E-state index is 9.94.